The third-order valence-electron chi connectivity index (χ3n) is 5.16. The summed E-state index contributed by atoms with van der Waals surface area (Å²) in [5, 5.41) is 4.32. The van der Waals surface area contributed by atoms with Gasteiger partial charge in [0, 0.05) is 6.26 Å². The monoisotopic (exact) mass is 413 g/mol. The predicted octanol–water partition coefficient (Wildman–Crippen LogP) is 4.35. The maximum atomic E-state index is 11.7. The lowest BCUT2D eigenvalue weighted by atomic mass is 10.00. The number of benzene rings is 2. The quantitative estimate of drug-likeness (QED) is 0.520. The molecular formula is C22H23NO5S. The molecule has 2 aliphatic rings. The molecule has 0 fully saturated rings. The molecule has 1 aliphatic heterocycles. The minimum absolute atomic E-state index is 0.249. The summed E-state index contributed by atoms with van der Waals surface area (Å²) in [5.74, 6) is 1.47. The molecular weight excluding hydrogens is 390 g/mol. The molecule has 0 saturated heterocycles. The van der Waals surface area contributed by atoms with E-state index in [4.69, 9.17) is 14.3 Å². The van der Waals surface area contributed by atoms with E-state index in [1.807, 2.05) is 37.3 Å². The molecule has 1 heterocycles. The van der Waals surface area contributed by atoms with Crippen LogP contribution in [0.25, 0.3) is 5.57 Å². The van der Waals surface area contributed by atoms with Crippen LogP contribution in [0.15, 0.2) is 58.1 Å². The summed E-state index contributed by atoms with van der Waals surface area (Å²) in [6, 6.07) is 12.8. The molecule has 152 valence electrons. The number of oxime groups is 1. The topological polar surface area (TPSA) is 74.2 Å². The summed E-state index contributed by atoms with van der Waals surface area (Å²) in [4.78, 5) is 5.91. The van der Waals surface area contributed by atoms with Crippen molar-refractivity contribution in [2.24, 2.45) is 5.16 Å². The average Bonchev–Trinajstić information content (AvgIpc) is 3.36. The molecule has 4 rings (SSSR count). The van der Waals surface area contributed by atoms with Crippen LogP contribution in [0.4, 0.5) is 0 Å². The second-order valence-corrected chi connectivity index (χ2v) is 9.26. The molecule has 6 nitrogen and oxygen atoms in total. The highest BCUT2D eigenvalue weighted by Gasteiger charge is 2.19. The third kappa shape index (κ3) is 4.29. The van der Waals surface area contributed by atoms with E-state index in [2.05, 4.69) is 5.16 Å². The van der Waals surface area contributed by atoms with Crippen molar-refractivity contribution in [1.29, 1.82) is 0 Å². The zero-order valence-electron chi connectivity index (χ0n) is 16.5. The fraction of sp³-hybridized carbons (Fsp3) is 0.318. The molecule has 0 amide bonds. The number of hydrogen-bond acceptors (Lipinski definition) is 6. The Balaban J connectivity index is 1.48. The molecule has 0 N–H and O–H groups in total. The lowest BCUT2D eigenvalue weighted by Crippen LogP contribution is -2.00. The fourth-order valence-electron chi connectivity index (χ4n) is 3.65. The number of nitrogens with zero attached hydrogens (tertiary/aromatic N) is 1. The van der Waals surface area contributed by atoms with E-state index < -0.39 is 9.84 Å². The van der Waals surface area contributed by atoms with E-state index >= 15 is 0 Å². The van der Waals surface area contributed by atoms with Gasteiger partial charge in [-0.3, -0.25) is 0 Å². The Morgan fingerprint density at radius 2 is 1.83 bits per heavy atom. The molecule has 2 aromatic rings. The van der Waals surface area contributed by atoms with Gasteiger partial charge in [-0.05, 0) is 72.7 Å². The van der Waals surface area contributed by atoms with Crippen LogP contribution in [0.2, 0.25) is 0 Å². The van der Waals surface area contributed by atoms with Crippen LogP contribution >= 0.6 is 0 Å². The van der Waals surface area contributed by atoms with Crippen LogP contribution in [0.1, 0.15) is 37.3 Å². The van der Waals surface area contributed by atoms with Crippen molar-refractivity contribution in [2.45, 2.75) is 37.7 Å². The highest BCUT2D eigenvalue weighted by molar-refractivity contribution is 7.90. The van der Waals surface area contributed by atoms with Gasteiger partial charge >= 0.3 is 0 Å². The van der Waals surface area contributed by atoms with Gasteiger partial charge in [-0.15, -0.1) is 0 Å². The highest BCUT2D eigenvalue weighted by Crippen LogP contribution is 2.35. The smallest absolute Gasteiger partial charge is 0.231 e. The van der Waals surface area contributed by atoms with E-state index in [0.717, 1.165) is 47.6 Å². The first-order valence-electron chi connectivity index (χ1n) is 9.50. The minimum atomic E-state index is -3.19. The van der Waals surface area contributed by atoms with Crippen molar-refractivity contribution in [2.75, 3.05) is 13.0 Å². The van der Waals surface area contributed by atoms with Crippen LogP contribution in [0.5, 0.6) is 11.5 Å². The van der Waals surface area contributed by atoms with Gasteiger partial charge in [0.15, 0.2) is 21.3 Å². The Labute approximate surface area is 170 Å². The summed E-state index contributed by atoms with van der Waals surface area (Å²) >= 11 is 0. The third-order valence-corrected chi connectivity index (χ3v) is 6.28. The molecule has 0 bridgehead atoms. The fourth-order valence-corrected chi connectivity index (χ4v) is 4.28. The SMILES string of the molecule is C/C(=N\OCc1ccc2c(c1)OCO2)C1=C(c2ccc(S(C)(=O)=O)cc2)CCC1. The van der Waals surface area contributed by atoms with Gasteiger partial charge in [-0.1, -0.05) is 23.4 Å². The molecule has 0 atom stereocenters. The molecule has 0 aromatic heterocycles. The number of allylic oxidation sites excluding steroid dienone is 2. The molecule has 7 heteroatoms. The Bertz CT molecular complexity index is 1080. The minimum Gasteiger partial charge on any atom is -0.454 e. The number of sulfone groups is 1. The molecule has 0 radical (unpaired) electrons. The largest absolute Gasteiger partial charge is 0.454 e. The van der Waals surface area contributed by atoms with Crippen molar-refractivity contribution < 1.29 is 22.7 Å². The van der Waals surface area contributed by atoms with E-state index in [1.54, 1.807) is 12.1 Å². The lowest BCUT2D eigenvalue weighted by molar-refractivity contribution is 0.130. The van der Waals surface area contributed by atoms with Gasteiger partial charge in [0.2, 0.25) is 6.79 Å². The molecule has 0 spiro atoms. The summed E-state index contributed by atoms with van der Waals surface area (Å²) in [5.41, 5.74) is 5.23. The van der Waals surface area contributed by atoms with E-state index in [1.165, 1.54) is 17.4 Å². The van der Waals surface area contributed by atoms with Crippen LogP contribution in [0.3, 0.4) is 0 Å². The lowest BCUT2D eigenvalue weighted by Gasteiger charge is -2.09. The van der Waals surface area contributed by atoms with Gasteiger partial charge in [-0.25, -0.2) is 8.42 Å². The average molecular weight is 413 g/mol. The number of hydrogen-bond donors (Lipinski definition) is 0. The van der Waals surface area contributed by atoms with Crippen LogP contribution in [-0.4, -0.2) is 27.2 Å². The van der Waals surface area contributed by atoms with Crippen molar-refractivity contribution >= 4 is 21.1 Å². The second kappa shape index (κ2) is 7.91. The molecule has 0 saturated carbocycles. The maximum absolute atomic E-state index is 11.7. The summed E-state index contributed by atoms with van der Waals surface area (Å²) in [7, 11) is -3.19. The summed E-state index contributed by atoms with van der Waals surface area (Å²) < 4.78 is 34.0. The first-order valence-corrected chi connectivity index (χ1v) is 11.4. The first-order chi connectivity index (χ1) is 13.9. The van der Waals surface area contributed by atoms with Crippen molar-refractivity contribution in [3.63, 3.8) is 0 Å². The Morgan fingerprint density at radius 3 is 2.59 bits per heavy atom. The highest BCUT2D eigenvalue weighted by atomic mass is 32.2. The first kappa shape index (κ1) is 19.5. The Kier molecular flexibility index (Phi) is 5.32. The second-order valence-electron chi connectivity index (χ2n) is 7.24. The van der Waals surface area contributed by atoms with Gasteiger partial charge in [-0.2, -0.15) is 0 Å². The van der Waals surface area contributed by atoms with E-state index in [0.29, 0.717) is 11.5 Å². The van der Waals surface area contributed by atoms with Crippen LogP contribution in [0, 0.1) is 0 Å². The van der Waals surface area contributed by atoms with Crippen molar-refractivity contribution in [3.05, 3.63) is 59.2 Å². The van der Waals surface area contributed by atoms with Crippen molar-refractivity contribution in [1.82, 2.24) is 0 Å². The summed E-state index contributed by atoms with van der Waals surface area (Å²) in [6.07, 6.45) is 4.15. The zero-order valence-corrected chi connectivity index (χ0v) is 17.3. The van der Waals surface area contributed by atoms with Crippen LogP contribution < -0.4 is 9.47 Å². The number of fused-ring (bicyclic) bond motifs is 1. The van der Waals surface area contributed by atoms with E-state index in [-0.39, 0.29) is 6.79 Å². The number of ether oxygens (including phenoxy) is 2. The van der Waals surface area contributed by atoms with Gasteiger partial charge < -0.3 is 14.3 Å². The van der Waals surface area contributed by atoms with Gasteiger partial charge in [0.1, 0.15) is 6.61 Å². The Morgan fingerprint density at radius 1 is 1.07 bits per heavy atom. The normalized spacial score (nSPS) is 16.4. The molecule has 1 aliphatic carbocycles. The summed E-state index contributed by atoms with van der Waals surface area (Å²) in [6.45, 7) is 2.55. The zero-order chi connectivity index (χ0) is 20.4. The number of rotatable bonds is 6. The van der Waals surface area contributed by atoms with Crippen LogP contribution in [-0.2, 0) is 21.3 Å². The van der Waals surface area contributed by atoms with Gasteiger partial charge in [0.25, 0.3) is 0 Å². The molecule has 2 aromatic carbocycles. The predicted molar refractivity (Wildman–Crippen MR) is 111 cm³/mol. The maximum Gasteiger partial charge on any atom is 0.231 e. The van der Waals surface area contributed by atoms with E-state index in [9.17, 15) is 8.42 Å². The standard InChI is InChI=1S/C22H23NO5S/c1-15(23-28-13-16-6-11-21-22(12-16)27-14-26-21)19-4-3-5-20(19)17-7-9-18(10-8-17)29(2,24)25/h6-12H,3-5,13-14H2,1-2H3/b23-15+. The van der Waals surface area contributed by atoms with Gasteiger partial charge in [0.05, 0.1) is 10.6 Å². The molecule has 29 heavy (non-hydrogen) atoms. The Hall–Kier alpha value is -2.80. The van der Waals surface area contributed by atoms with Crippen molar-refractivity contribution in [3.8, 4) is 11.5 Å². The molecule has 0 unspecified atom stereocenters.